The highest BCUT2D eigenvalue weighted by molar-refractivity contribution is 7.80. The van der Waals surface area contributed by atoms with E-state index in [0.29, 0.717) is 11.8 Å². The molecule has 6 nitrogen and oxygen atoms in total. The molecule has 7 heteroatoms. The highest BCUT2D eigenvalue weighted by atomic mass is 32.1. The Balaban J connectivity index is 2.89. The van der Waals surface area contributed by atoms with Gasteiger partial charge in [0, 0.05) is 0 Å². The highest BCUT2D eigenvalue weighted by Crippen LogP contribution is 2.02. The Bertz CT molecular complexity index is 230. The highest BCUT2D eigenvalue weighted by Gasteiger charge is 1.98. The van der Waals surface area contributed by atoms with Crippen molar-refractivity contribution in [3.63, 3.8) is 0 Å². The normalized spacial score (nSPS) is 9.55. The molecule has 1 heterocycles. The van der Waals surface area contributed by atoms with E-state index in [-0.39, 0.29) is 11.9 Å². The molecule has 0 aliphatic carbocycles. The van der Waals surface area contributed by atoms with Gasteiger partial charge in [-0.2, -0.15) is 27.6 Å². The van der Waals surface area contributed by atoms with Crippen LogP contribution in [0.3, 0.4) is 0 Å². The van der Waals surface area contributed by atoms with E-state index in [9.17, 15) is 0 Å². The number of thiol groups is 1. The van der Waals surface area contributed by atoms with Crippen LogP contribution in [0.5, 0.6) is 0 Å². The SMILES string of the molecule is Nc1nc(N)nc(NCS)n1. The Morgan fingerprint density at radius 2 is 1.73 bits per heavy atom. The number of hydrogen-bond acceptors (Lipinski definition) is 7. The third-order valence-corrected chi connectivity index (χ3v) is 1.07. The van der Waals surface area contributed by atoms with Crippen LogP contribution in [0.4, 0.5) is 17.8 Å². The van der Waals surface area contributed by atoms with Gasteiger partial charge < -0.3 is 16.8 Å². The zero-order chi connectivity index (χ0) is 8.27. The standard InChI is InChI=1S/C4H8N6S/c5-2-8-3(6)10-4(9-2)7-1-11/h11H,1H2,(H5,5,6,7,8,9,10). The summed E-state index contributed by atoms with van der Waals surface area (Å²) < 4.78 is 0. The van der Waals surface area contributed by atoms with Crippen LogP contribution in [0, 0.1) is 0 Å². The summed E-state index contributed by atoms with van der Waals surface area (Å²) in [6.07, 6.45) is 0. The number of nitrogens with one attached hydrogen (secondary N) is 1. The molecule has 0 amide bonds. The van der Waals surface area contributed by atoms with Crippen molar-refractivity contribution in [1.82, 2.24) is 15.0 Å². The first kappa shape index (κ1) is 7.86. The molecule has 0 atom stereocenters. The fourth-order valence-electron chi connectivity index (χ4n) is 0.559. The van der Waals surface area contributed by atoms with Crippen LogP contribution in [0.25, 0.3) is 0 Å². The molecule has 0 saturated carbocycles. The Labute approximate surface area is 68.8 Å². The van der Waals surface area contributed by atoms with Crippen molar-refractivity contribution in [2.75, 3.05) is 22.7 Å². The van der Waals surface area contributed by atoms with Crippen LogP contribution >= 0.6 is 12.6 Å². The van der Waals surface area contributed by atoms with E-state index >= 15 is 0 Å². The third kappa shape index (κ3) is 2.11. The lowest BCUT2D eigenvalue weighted by molar-refractivity contribution is 1.07. The van der Waals surface area contributed by atoms with Crippen molar-refractivity contribution >= 4 is 30.5 Å². The largest absolute Gasteiger partial charge is 0.368 e. The Kier molecular flexibility index (Phi) is 2.32. The van der Waals surface area contributed by atoms with Crippen molar-refractivity contribution in [2.24, 2.45) is 0 Å². The van der Waals surface area contributed by atoms with E-state index in [1.165, 1.54) is 0 Å². The van der Waals surface area contributed by atoms with E-state index in [1.807, 2.05) is 0 Å². The number of anilines is 3. The molecule has 0 spiro atoms. The second kappa shape index (κ2) is 3.24. The van der Waals surface area contributed by atoms with Crippen molar-refractivity contribution in [3.8, 4) is 0 Å². The summed E-state index contributed by atoms with van der Waals surface area (Å²) in [5.74, 6) is 0.955. The van der Waals surface area contributed by atoms with Crippen molar-refractivity contribution in [2.45, 2.75) is 0 Å². The molecule has 0 unspecified atom stereocenters. The quantitative estimate of drug-likeness (QED) is 0.348. The summed E-state index contributed by atoms with van der Waals surface area (Å²) in [7, 11) is 0. The molecule has 1 aromatic rings. The average Bonchev–Trinajstić information content (AvgIpc) is 1.85. The van der Waals surface area contributed by atoms with Crippen LogP contribution in [-0.4, -0.2) is 20.8 Å². The predicted octanol–water partition coefficient (Wildman–Crippen LogP) is -0.665. The van der Waals surface area contributed by atoms with Crippen LogP contribution in [0.15, 0.2) is 0 Å². The zero-order valence-electron chi connectivity index (χ0n) is 5.65. The van der Waals surface area contributed by atoms with Gasteiger partial charge in [-0.3, -0.25) is 0 Å². The lowest BCUT2D eigenvalue weighted by Crippen LogP contribution is -2.07. The Hall–Kier alpha value is -1.24. The minimum Gasteiger partial charge on any atom is -0.368 e. The molecular weight excluding hydrogens is 164 g/mol. The number of nitrogens with two attached hydrogens (primary N) is 2. The molecule has 0 saturated heterocycles. The first-order chi connectivity index (χ1) is 5.22. The van der Waals surface area contributed by atoms with Gasteiger partial charge in [0.1, 0.15) is 0 Å². The first-order valence-corrected chi connectivity index (χ1v) is 3.47. The van der Waals surface area contributed by atoms with E-state index < -0.39 is 0 Å². The summed E-state index contributed by atoms with van der Waals surface area (Å²) in [6, 6.07) is 0. The maximum Gasteiger partial charge on any atom is 0.229 e. The van der Waals surface area contributed by atoms with Gasteiger partial charge >= 0.3 is 0 Å². The fraction of sp³-hybridized carbons (Fsp3) is 0.250. The van der Waals surface area contributed by atoms with Gasteiger partial charge in [-0.05, 0) is 0 Å². The van der Waals surface area contributed by atoms with Gasteiger partial charge in [-0.1, -0.05) is 0 Å². The van der Waals surface area contributed by atoms with Gasteiger partial charge in [0.2, 0.25) is 17.8 Å². The summed E-state index contributed by atoms with van der Waals surface area (Å²) >= 11 is 3.91. The molecule has 11 heavy (non-hydrogen) atoms. The summed E-state index contributed by atoms with van der Waals surface area (Å²) in [5, 5.41) is 2.73. The molecule has 1 rings (SSSR count). The maximum absolute atomic E-state index is 5.28. The van der Waals surface area contributed by atoms with E-state index in [0.717, 1.165) is 0 Å². The number of hydrogen-bond donors (Lipinski definition) is 4. The van der Waals surface area contributed by atoms with E-state index in [4.69, 9.17) is 11.5 Å². The fourth-order valence-corrected chi connectivity index (χ4v) is 0.701. The molecule has 5 N–H and O–H groups in total. The van der Waals surface area contributed by atoms with Crippen LogP contribution < -0.4 is 16.8 Å². The second-order valence-corrected chi connectivity index (χ2v) is 2.03. The number of aromatic nitrogens is 3. The van der Waals surface area contributed by atoms with Crippen LogP contribution in [0.2, 0.25) is 0 Å². The molecule has 1 aromatic heterocycles. The van der Waals surface area contributed by atoms with Crippen molar-refractivity contribution < 1.29 is 0 Å². The lowest BCUT2D eigenvalue weighted by Gasteiger charge is -2.00. The lowest BCUT2D eigenvalue weighted by atomic mass is 10.8. The van der Waals surface area contributed by atoms with Gasteiger partial charge in [-0.25, -0.2) is 0 Å². The first-order valence-electron chi connectivity index (χ1n) is 2.84. The zero-order valence-corrected chi connectivity index (χ0v) is 6.55. The van der Waals surface area contributed by atoms with Crippen molar-refractivity contribution in [3.05, 3.63) is 0 Å². The smallest absolute Gasteiger partial charge is 0.229 e. The molecule has 0 aliphatic heterocycles. The monoisotopic (exact) mass is 172 g/mol. The summed E-state index contributed by atoms with van der Waals surface area (Å²) in [4.78, 5) is 11.1. The van der Waals surface area contributed by atoms with Crippen LogP contribution in [-0.2, 0) is 0 Å². The van der Waals surface area contributed by atoms with E-state index in [1.54, 1.807) is 0 Å². The topological polar surface area (TPSA) is 103 Å². The molecule has 0 fully saturated rings. The number of rotatable bonds is 2. The predicted molar refractivity (Wildman–Crippen MR) is 46.1 cm³/mol. The van der Waals surface area contributed by atoms with Crippen molar-refractivity contribution in [1.29, 1.82) is 0 Å². The Morgan fingerprint density at radius 3 is 2.18 bits per heavy atom. The molecule has 0 bridgehead atoms. The minimum atomic E-state index is 0.0989. The minimum absolute atomic E-state index is 0.0989. The molecular formula is C4H8N6S. The van der Waals surface area contributed by atoms with Gasteiger partial charge in [0.05, 0.1) is 5.88 Å². The van der Waals surface area contributed by atoms with Gasteiger partial charge in [0.15, 0.2) is 0 Å². The Morgan fingerprint density at radius 1 is 1.18 bits per heavy atom. The molecule has 60 valence electrons. The molecule has 0 radical (unpaired) electrons. The summed E-state index contributed by atoms with van der Waals surface area (Å²) in [5.41, 5.74) is 10.6. The van der Waals surface area contributed by atoms with Gasteiger partial charge in [0.25, 0.3) is 0 Å². The molecule has 0 aromatic carbocycles. The molecule has 0 aliphatic rings. The van der Waals surface area contributed by atoms with Gasteiger partial charge in [-0.15, -0.1) is 0 Å². The second-order valence-electron chi connectivity index (χ2n) is 1.71. The van der Waals surface area contributed by atoms with E-state index in [2.05, 4.69) is 32.9 Å². The number of nitrogens with zero attached hydrogens (tertiary/aromatic N) is 3. The maximum atomic E-state index is 5.28. The average molecular weight is 172 g/mol. The number of nitrogen functional groups attached to an aromatic ring is 2. The summed E-state index contributed by atoms with van der Waals surface area (Å²) in [6.45, 7) is 0. The van der Waals surface area contributed by atoms with Crippen LogP contribution in [0.1, 0.15) is 0 Å². The third-order valence-electron chi connectivity index (χ3n) is 0.907.